The van der Waals surface area contributed by atoms with Gasteiger partial charge in [0.15, 0.2) is 17.6 Å². The van der Waals surface area contributed by atoms with Gasteiger partial charge in [-0.05, 0) is 18.6 Å². The van der Waals surface area contributed by atoms with E-state index in [-0.39, 0.29) is 12.1 Å². The number of hydrogen-bond acceptors (Lipinski definition) is 4. The van der Waals surface area contributed by atoms with Crippen LogP contribution in [0.1, 0.15) is 6.42 Å². The van der Waals surface area contributed by atoms with Crippen LogP contribution in [0, 0.1) is 0 Å². The van der Waals surface area contributed by atoms with Crippen molar-refractivity contribution >= 4 is 6.03 Å². The van der Waals surface area contributed by atoms with E-state index in [9.17, 15) is 4.79 Å². The van der Waals surface area contributed by atoms with Crippen molar-refractivity contribution in [1.82, 2.24) is 10.6 Å². The highest BCUT2D eigenvalue weighted by Crippen LogP contribution is 2.30. The van der Waals surface area contributed by atoms with Gasteiger partial charge in [0.25, 0.3) is 0 Å². The molecule has 0 saturated carbocycles. The molecule has 0 radical (unpaired) electrons. The molecule has 0 aromatic heterocycles. The topological polar surface area (TPSA) is 68.8 Å². The molecule has 1 aliphatic heterocycles. The van der Waals surface area contributed by atoms with Crippen molar-refractivity contribution in [3.8, 4) is 11.5 Å². The fourth-order valence-corrected chi connectivity index (χ4v) is 1.85. The Labute approximate surface area is 118 Å². The highest BCUT2D eigenvalue weighted by molar-refractivity contribution is 5.73. The molecule has 0 spiro atoms. The zero-order valence-corrected chi connectivity index (χ0v) is 11.6. The third kappa shape index (κ3) is 4.31. The summed E-state index contributed by atoms with van der Waals surface area (Å²) in [6.45, 7) is 2.06. The van der Waals surface area contributed by atoms with Crippen LogP contribution in [0.5, 0.6) is 11.5 Å². The predicted molar refractivity (Wildman–Crippen MR) is 74.2 cm³/mol. The van der Waals surface area contributed by atoms with Crippen molar-refractivity contribution in [2.24, 2.45) is 0 Å². The first-order valence-corrected chi connectivity index (χ1v) is 6.68. The molecule has 20 heavy (non-hydrogen) atoms. The van der Waals surface area contributed by atoms with Crippen LogP contribution >= 0.6 is 0 Å². The van der Waals surface area contributed by atoms with E-state index in [4.69, 9.17) is 14.2 Å². The fraction of sp³-hybridized carbons (Fsp3) is 0.500. The smallest absolute Gasteiger partial charge is 0.314 e. The molecule has 1 unspecified atom stereocenters. The van der Waals surface area contributed by atoms with E-state index in [1.807, 2.05) is 24.3 Å². The Kier molecular flexibility index (Phi) is 5.49. The van der Waals surface area contributed by atoms with E-state index in [0.717, 1.165) is 12.2 Å². The first-order chi connectivity index (χ1) is 9.79. The zero-order valence-electron chi connectivity index (χ0n) is 11.6. The Hall–Kier alpha value is -1.95. The van der Waals surface area contributed by atoms with Crippen molar-refractivity contribution in [1.29, 1.82) is 0 Å². The Morgan fingerprint density at radius 2 is 2.15 bits per heavy atom. The quantitative estimate of drug-likeness (QED) is 0.767. The van der Waals surface area contributed by atoms with E-state index in [1.165, 1.54) is 0 Å². The molecular formula is C14H20N2O4. The van der Waals surface area contributed by atoms with Gasteiger partial charge in [0, 0.05) is 20.3 Å². The molecule has 2 N–H and O–H groups in total. The summed E-state index contributed by atoms with van der Waals surface area (Å²) in [4.78, 5) is 11.5. The maximum atomic E-state index is 11.5. The average molecular weight is 280 g/mol. The molecule has 0 aliphatic carbocycles. The van der Waals surface area contributed by atoms with E-state index in [2.05, 4.69) is 10.6 Å². The Morgan fingerprint density at radius 1 is 1.35 bits per heavy atom. The maximum Gasteiger partial charge on any atom is 0.314 e. The van der Waals surface area contributed by atoms with Gasteiger partial charge in [-0.1, -0.05) is 12.1 Å². The van der Waals surface area contributed by atoms with Crippen molar-refractivity contribution in [2.75, 3.05) is 33.4 Å². The van der Waals surface area contributed by atoms with Gasteiger partial charge < -0.3 is 24.8 Å². The van der Waals surface area contributed by atoms with Crippen LogP contribution in [0.4, 0.5) is 4.79 Å². The molecular weight excluding hydrogens is 260 g/mol. The van der Waals surface area contributed by atoms with Crippen LogP contribution < -0.4 is 20.1 Å². The van der Waals surface area contributed by atoms with Crippen LogP contribution in [0.3, 0.4) is 0 Å². The van der Waals surface area contributed by atoms with E-state index < -0.39 is 0 Å². The van der Waals surface area contributed by atoms with E-state index in [1.54, 1.807) is 7.11 Å². The number of carbonyl (C=O) groups is 1. The second kappa shape index (κ2) is 7.59. The molecule has 1 heterocycles. The number of nitrogens with one attached hydrogen (secondary N) is 2. The number of carbonyl (C=O) groups excluding carboxylic acids is 1. The lowest BCUT2D eigenvalue weighted by Crippen LogP contribution is -2.44. The molecule has 0 saturated heterocycles. The number of fused-ring (bicyclic) bond motifs is 1. The molecule has 1 atom stereocenters. The molecule has 2 rings (SSSR count). The van der Waals surface area contributed by atoms with Gasteiger partial charge in [-0.25, -0.2) is 4.79 Å². The Morgan fingerprint density at radius 3 is 2.95 bits per heavy atom. The third-order valence-corrected chi connectivity index (χ3v) is 2.87. The molecule has 1 aromatic rings. The van der Waals surface area contributed by atoms with Gasteiger partial charge in [0.2, 0.25) is 0 Å². The maximum absolute atomic E-state index is 11.5. The number of methoxy groups -OCH3 is 1. The molecule has 110 valence electrons. The van der Waals surface area contributed by atoms with Crippen molar-refractivity contribution < 1.29 is 19.0 Å². The summed E-state index contributed by atoms with van der Waals surface area (Å²) in [7, 11) is 1.64. The minimum Gasteiger partial charge on any atom is -0.486 e. The van der Waals surface area contributed by atoms with E-state index >= 15 is 0 Å². The second-order valence-corrected chi connectivity index (χ2v) is 4.48. The van der Waals surface area contributed by atoms with Gasteiger partial charge in [-0.2, -0.15) is 0 Å². The largest absolute Gasteiger partial charge is 0.486 e. The number of hydrogen-bond donors (Lipinski definition) is 2. The number of benzene rings is 1. The van der Waals surface area contributed by atoms with Gasteiger partial charge in [0.1, 0.15) is 6.61 Å². The third-order valence-electron chi connectivity index (χ3n) is 2.87. The van der Waals surface area contributed by atoms with Crippen LogP contribution in [-0.4, -0.2) is 45.5 Å². The summed E-state index contributed by atoms with van der Waals surface area (Å²) in [5.74, 6) is 1.46. The highest BCUT2D eigenvalue weighted by Gasteiger charge is 2.20. The minimum atomic E-state index is -0.205. The summed E-state index contributed by atoms with van der Waals surface area (Å²) in [6, 6.07) is 7.30. The lowest BCUT2D eigenvalue weighted by molar-refractivity contribution is 0.0918. The summed E-state index contributed by atoms with van der Waals surface area (Å²) in [5, 5.41) is 5.51. The average Bonchev–Trinajstić information content (AvgIpc) is 2.49. The van der Waals surface area contributed by atoms with E-state index in [0.29, 0.717) is 32.1 Å². The minimum absolute atomic E-state index is 0.172. The van der Waals surface area contributed by atoms with Gasteiger partial charge >= 0.3 is 6.03 Å². The number of para-hydroxylation sites is 2. The molecule has 1 aliphatic rings. The van der Waals surface area contributed by atoms with Gasteiger partial charge in [-0.3, -0.25) is 0 Å². The normalized spacial score (nSPS) is 16.6. The Balaban J connectivity index is 1.67. The van der Waals surface area contributed by atoms with Crippen molar-refractivity contribution in [2.45, 2.75) is 12.5 Å². The van der Waals surface area contributed by atoms with Crippen molar-refractivity contribution in [3.63, 3.8) is 0 Å². The first kappa shape index (κ1) is 14.5. The zero-order chi connectivity index (χ0) is 14.2. The second-order valence-electron chi connectivity index (χ2n) is 4.48. The van der Waals surface area contributed by atoms with Crippen molar-refractivity contribution in [3.05, 3.63) is 24.3 Å². The molecule has 0 fully saturated rings. The summed E-state index contributed by atoms with van der Waals surface area (Å²) in [6.07, 6.45) is 0.620. The number of rotatable bonds is 6. The van der Waals surface area contributed by atoms with Gasteiger partial charge in [0.05, 0.1) is 6.54 Å². The summed E-state index contributed by atoms with van der Waals surface area (Å²) >= 11 is 0. The number of ether oxygens (including phenoxy) is 3. The van der Waals surface area contributed by atoms with Gasteiger partial charge in [-0.15, -0.1) is 0 Å². The molecule has 6 heteroatoms. The van der Waals surface area contributed by atoms with Crippen LogP contribution in [0.25, 0.3) is 0 Å². The highest BCUT2D eigenvalue weighted by atomic mass is 16.6. The Bertz CT molecular complexity index is 439. The monoisotopic (exact) mass is 280 g/mol. The summed E-state index contributed by atoms with van der Waals surface area (Å²) < 4.78 is 16.2. The number of amides is 2. The molecule has 1 aromatic carbocycles. The lowest BCUT2D eigenvalue weighted by Gasteiger charge is -2.26. The first-order valence-electron chi connectivity index (χ1n) is 6.68. The standard InChI is InChI=1S/C14H20N2O4/c1-18-8-4-7-15-14(17)16-9-11-10-19-12-5-2-3-6-13(12)20-11/h2-3,5-6,11H,4,7-10H2,1H3,(H2,15,16,17). The lowest BCUT2D eigenvalue weighted by atomic mass is 10.2. The molecule has 0 bridgehead atoms. The predicted octanol–water partition coefficient (Wildman–Crippen LogP) is 1.16. The summed E-state index contributed by atoms with van der Waals surface area (Å²) in [5.41, 5.74) is 0. The molecule has 6 nitrogen and oxygen atoms in total. The molecule has 2 amide bonds. The van der Waals surface area contributed by atoms with Crippen LogP contribution in [0.2, 0.25) is 0 Å². The van der Waals surface area contributed by atoms with Crippen LogP contribution in [-0.2, 0) is 4.74 Å². The SMILES string of the molecule is COCCCNC(=O)NCC1COc2ccccc2O1. The fourth-order valence-electron chi connectivity index (χ4n) is 1.85. The number of urea groups is 1. The van der Waals surface area contributed by atoms with Crippen LogP contribution in [0.15, 0.2) is 24.3 Å².